The molecule has 0 radical (unpaired) electrons. The standard InChI is InChI=1S/C15H22N2O2/c1-11-3-4-14(19-2)13(7-11)10-17-15(18)8-12-5-6-16-9-12/h3-4,7,12,16H,5-6,8-10H2,1-2H3,(H,17,18). The van der Waals surface area contributed by atoms with Gasteiger partial charge in [0.15, 0.2) is 0 Å². The van der Waals surface area contributed by atoms with Crippen LogP contribution < -0.4 is 15.4 Å². The third-order valence-electron chi connectivity index (χ3n) is 3.55. The van der Waals surface area contributed by atoms with Gasteiger partial charge < -0.3 is 15.4 Å². The zero-order valence-corrected chi connectivity index (χ0v) is 11.7. The van der Waals surface area contributed by atoms with Gasteiger partial charge in [-0.2, -0.15) is 0 Å². The second kappa shape index (κ2) is 6.57. The first-order valence-electron chi connectivity index (χ1n) is 6.80. The maximum Gasteiger partial charge on any atom is 0.220 e. The summed E-state index contributed by atoms with van der Waals surface area (Å²) >= 11 is 0. The topological polar surface area (TPSA) is 50.4 Å². The lowest BCUT2D eigenvalue weighted by Gasteiger charge is -2.12. The maximum atomic E-state index is 11.9. The molecule has 1 atom stereocenters. The molecule has 1 saturated heterocycles. The fourth-order valence-corrected chi connectivity index (χ4v) is 2.46. The molecule has 1 aliphatic rings. The highest BCUT2D eigenvalue weighted by Gasteiger charge is 2.17. The van der Waals surface area contributed by atoms with Crippen molar-refractivity contribution in [3.63, 3.8) is 0 Å². The molecule has 0 aliphatic carbocycles. The fraction of sp³-hybridized carbons (Fsp3) is 0.533. The lowest BCUT2D eigenvalue weighted by Crippen LogP contribution is -2.26. The second-order valence-electron chi connectivity index (χ2n) is 5.15. The third kappa shape index (κ3) is 3.96. The number of amides is 1. The van der Waals surface area contributed by atoms with Crippen LogP contribution in [0.4, 0.5) is 0 Å². The summed E-state index contributed by atoms with van der Waals surface area (Å²) in [4.78, 5) is 11.9. The summed E-state index contributed by atoms with van der Waals surface area (Å²) in [5.41, 5.74) is 2.20. The minimum absolute atomic E-state index is 0.122. The summed E-state index contributed by atoms with van der Waals surface area (Å²) < 4.78 is 5.30. The van der Waals surface area contributed by atoms with Gasteiger partial charge in [0.25, 0.3) is 0 Å². The van der Waals surface area contributed by atoms with Gasteiger partial charge in [0.05, 0.1) is 7.11 Å². The molecule has 0 spiro atoms. The van der Waals surface area contributed by atoms with E-state index in [-0.39, 0.29) is 5.91 Å². The van der Waals surface area contributed by atoms with Crippen LogP contribution in [0.1, 0.15) is 24.0 Å². The van der Waals surface area contributed by atoms with Gasteiger partial charge in [-0.3, -0.25) is 4.79 Å². The Balaban J connectivity index is 1.87. The predicted octanol–water partition coefficient (Wildman–Crippen LogP) is 1.62. The van der Waals surface area contributed by atoms with Gasteiger partial charge in [0, 0.05) is 18.5 Å². The van der Waals surface area contributed by atoms with E-state index in [1.807, 2.05) is 19.1 Å². The van der Waals surface area contributed by atoms with Gasteiger partial charge in [-0.1, -0.05) is 17.7 Å². The first kappa shape index (κ1) is 13.9. The SMILES string of the molecule is COc1ccc(C)cc1CNC(=O)CC1CCNC1. The molecule has 0 bridgehead atoms. The number of aryl methyl sites for hydroxylation is 1. The Morgan fingerprint density at radius 3 is 3.05 bits per heavy atom. The third-order valence-corrected chi connectivity index (χ3v) is 3.55. The molecule has 0 aromatic heterocycles. The molecule has 1 fully saturated rings. The maximum absolute atomic E-state index is 11.9. The van der Waals surface area contributed by atoms with Crippen LogP contribution in [0.3, 0.4) is 0 Å². The normalized spacial score (nSPS) is 18.3. The Hall–Kier alpha value is -1.55. The van der Waals surface area contributed by atoms with Crippen molar-refractivity contribution in [3.05, 3.63) is 29.3 Å². The molecule has 1 heterocycles. The number of rotatable bonds is 5. The van der Waals surface area contributed by atoms with Crippen LogP contribution in [0.15, 0.2) is 18.2 Å². The van der Waals surface area contributed by atoms with Crippen molar-refractivity contribution in [2.45, 2.75) is 26.3 Å². The average Bonchev–Trinajstić information content (AvgIpc) is 2.89. The van der Waals surface area contributed by atoms with Crippen LogP contribution in [0.25, 0.3) is 0 Å². The van der Waals surface area contributed by atoms with Gasteiger partial charge in [0.2, 0.25) is 5.91 Å². The van der Waals surface area contributed by atoms with E-state index in [0.717, 1.165) is 30.8 Å². The van der Waals surface area contributed by atoms with Crippen LogP contribution in [0, 0.1) is 12.8 Å². The largest absolute Gasteiger partial charge is 0.496 e. The molecule has 4 heteroatoms. The number of benzene rings is 1. The monoisotopic (exact) mass is 262 g/mol. The van der Waals surface area contributed by atoms with E-state index in [9.17, 15) is 4.79 Å². The van der Waals surface area contributed by atoms with Crippen molar-refractivity contribution in [1.82, 2.24) is 10.6 Å². The Bertz CT molecular complexity index is 440. The number of nitrogens with one attached hydrogen (secondary N) is 2. The van der Waals surface area contributed by atoms with E-state index >= 15 is 0 Å². The Morgan fingerprint density at radius 2 is 2.37 bits per heavy atom. The van der Waals surface area contributed by atoms with E-state index in [1.54, 1.807) is 7.11 Å². The molecule has 1 amide bonds. The molecule has 2 N–H and O–H groups in total. The number of hydrogen-bond acceptors (Lipinski definition) is 3. The molecule has 2 rings (SSSR count). The number of hydrogen-bond donors (Lipinski definition) is 2. The van der Waals surface area contributed by atoms with E-state index in [1.165, 1.54) is 5.56 Å². The van der Waals surface area contributed by atoms with Crippen molar-refractivity contribution < 1.29 is 9.53 Å². The molecule has 1 aromatic rings. The highest BCUT2D eigenvalue weighted by atomic mass is 16.5. The van der Waals surface area contributed by atoms with Crippen LogP contribution in [-0.4, -0.2) is 26.1 Å². The Morgan fingerprint density at radius 1 is 1.53 bits per heavy atom. The molecule has 4 nitrogen and oxygen atoms in total. The van der Waals surface area contributed by atoms with Gasteiger partial charge >= 0.3 is 0 Å². The smallest absolute Gasteiger partial charge is 0.220 e. The Kier molecular flexibility index (Phi) is 4.80. The molecule has 1 aliphatic heterocycles. The molecule has 104 valence electrons. The zero-order valence-electron chi connectivity index (χ0n) is 11.7. The van der Waals surface area contributed by atoms with Crippen molar-refractivity contribution in [2.24, 2.45) is 5.92 Å². The Labute approximate surface area is 114 Å². The summed E-state index contributed by atoms with van der Waals surface area (Å²) in [5.74, 6) is 1.44. The first-order valence-corrected chi connectivity index (χ1v) is 6.80. The molecule has 0 saturated carbocycles. The van der Waals surface area contributed by atoms with Crippen LogP contribution in [0.5, 0.6) is 5.75 Å². The van der Waals surface area contributed by atoms with Gasteiger partial charge in [-0.25, -0.2) is 0 Å². The summed E-state index contributed by atoms with van der Waals surface area (Å²) in [6, 6.07) is 6.00. The van der Waals surface area contributed by atoms with Gasteiger partial charge in [-0.05, 0) is 38.4 Å². The summed E-state index contributed by atoms with van der Waals surface area (Å²) in [6.45, 7) is 4.56. The average molecular weight is 262 g/mol. The van der Waals surface area contributed by atoms with Crippen molar-refractivity contribution in [1.29, 1.82) is 0 Å². The molecule has 19 heavy (non-hydrogen) atoms. The van der Waals surface area contributed by atoms with Gasteiger partial charge in [-0.15, -0.1) is 0 Å². The summed E-state index contributed by atoms with van der Waals surface area (Å²) in [7, 11) is 1.65. The molecular weight excluding hydrogens is 240 g/mol. The number of carbonyl (C=O) groups is 1. The van der Waals surface area contributed by atoms with E-state index in [0.29, 0.717) is 18.9 Å². The van der Waals surface area contributed by atoms with Crippen molar-refractivity contribution in [2.75, 3.05) is 20.2 Å². The van der Waals surface area contributed by atoms with Gasteiger partial charge in [0.1, 0.15) is 5.75 Å². The highest BCUT2D eigenvalue weighted by molar-refractivity contribution is 5.76. The van der Waals surface area contributed by atoms with Crippen LogP contribution in [-0.2, 0) is 11.3 Å². The summed E-state index contributed by atoms with van der Waals surface area (Å²) in [6.07, 6.45) is 1.71. The first-order chi connectivity index (χ1) is 9.19. The number of methoxy groups -OCH3 is 1. The van der Waals surface area contributed by atoms with Crippen molar-refractivity contribution >= 4 is 5.91 Å². The van der Waals surface area contributed by atoms with E-state index in [4.69, 9.17) is 4.74 Å². The van der Waals surface area contributed by atoms with E-state index in [2.05, 4.69) is 16.7 Å². The highest BCUT2D eigenvalue weighted by Crippen LogP contribution is 2.19. The lowest BCUT2D eigenvalue weighted by atomic mass is 10.0. The number of carbonyl (C=O) groups excluding carboxylic acids is 1. The minimum Gasteiger partial charge on any atom is -0.496 e. The van der Waals surface area contributed by atoms with Crippen LogP contribution >= 0.6 is 0 Å². The quantitative estimate of drug-likeness (QED) is 0.848. The summed E-state index contributed by atoms with van der Waals surface area (Å²) in [5, 5.41) is 6.26. The minimum atomic E-state index is 0.122. The number of ether oxygens (including phenoxy) is 1. The molecule has 1 unspecified atom stereocenters. The second-order valence-corrected chi connectivity index (χ2v) is 5.15. The molecule has 1 aromatic carbocycles. The lowest BCUT2D eigenvalue weighted by molar-refractivity contribution is -0.122. The van der Waals surface area contributed by atoms with Crippen molar-refractivity contribution in [3.8, 4) is 5.75 Å². The fourth-order valence-electron chi connectivity index (χ4n) is 2.46. The van der Waals surface area contributed by atoms with Crippen LogP contribution in [0.2, 0.25) is 0 Å². The zero-order chi connectivity index (χ0) is 13.7. The predicted molar refractivity (Wildman–Crippen MR) is 75.2 cm³/mol. The molecular formula is C15H22N2O2. The van der Waals surface area contributed by atoms with E-state index < -0.39 is 0 Å².